The molecule has 0 amide bonds. The van der Waals surface area contributed by atoms with Gasteiger partial charge < -0.3 is 5.73 Å². The van der Waals surface area contributed by atoms with Crippen molar-refractivity contribution in [3.05, 3.63) is 41.2 Å². The number of rotatable bonds is 2. The van der Waals surface area contributed by atoms with Crippen LogP contribution in [0.5, 0.6) is 0 Å². The highest BCUT2D eigenvalue weighted by atomic mass is 32.1. The number of nitrogens with zero attached hydrogens (tertiary/aromatic N) is 1. The second kappa shape index (κ2) is 4.49. The molecule has 2 N–H and O–H groups in total. The number of benzene rings is 1. The van der Waals surface area contributed by atoms with Crippen LogP contribution < -0.4 is 5.73 Å². The summed E-state index contributed by atoms with van der Waals surface area (Å²) in [5, 5.41) is 8.65. The summed E-state index contributed by atoms with van der Waals surface area (Å²) >= 11 is 4.65. The van der Waals surface area contributed by atoms with Gasteiger partial charge in [0.1, 0.15) is 16.9 Å². The maximum Gasteiger partial charge on any atom is 0.123 e. The van der Waals surface area contributed by atoms with E-state index in [1.165, 1.54) is 18.2 Å². The summed E-state index contributed by atoms with van der Waals surface area (Å²) in [6.07, 6.45) is 1.52. The Morgan fingerprint density at radius 1 is 1.43 bits per heavy atom. The third kappa shape index (κ3) is 2.64. The molecule has 0 saturated carbocycles. The first-order valence-corrected chi connectivity index (χ1v) is 4.21. The minimum absolute atomic E-state index is 0.0387. The van der Waals surface area contributed by atoms with Crippen LogP contribution in [-0.2, 0) is 0 Å². The van der Waals surface area contributed by atoms with Gasteiger partial charge in [0.25, 0.3) is 0 Å². The van der Waals surface area contributed by atoms with Crippen molar-refractivity contribution >= 4 is 23.3 Å². The largest absolute Gasteiger partial charge is 0.389 e. The molecule has 1 rings (SSSR count). The van der Waals surface area contributed by atoms with Gasteiger partial charge in [0.05, 0.1) is 5.57 Å². The molecule has 0 aromatic heterocycles. The third-order valence-corrected chi connectivity index (χ3v) is 1.79. The van der Waals surface area contributed by atoms with Gasteiger partial charge >= 0.3 is 0 Å². The first kappa shape index (κ1) is 10.4. The van der Waals surface area contributed by atoms with Crippen LogP contribution in [0.25, 0.3) is 6.08 Å². The number of hydrogen-bond donors (Lipinski definition) is 1. The lowest BCUT2D eigenvalue weighted by molar-refractivity contribution is 0.628. The maximum absolute atomic E-state index is 12.5. The van der Waals surface area contributed by atoms with Crippen molar-refractivity contribution in [1.82, 2.24) is 0 Å². The van der Waals surface area contributed by atoms with Crippen molar-refractivity contribution in [3.8, 4) is 6.07 Å². The van der Waals surface area contributed by atoms with Gasteiger partial charge in [-0.2, -0.15) is 5.26 Å². The van der Waals surface area contributed by atoms with Crippen molar-refractivity contribution in [2.75, 3.05) is 0 Å². The average molecular weight is 206 g/mol. The predicted molar refractivity (Wildman–Crippen MR) is 56.8 cm³/mol. The monoisotopic (exact) mass is 206 g/mol. The molecule has 0 heterocycles. The molecule has 0 aliphatic heterocycles. The van der Waals surface area contributed by atoms with E-state index in [1.54, 1.807) is 12.1 Å². The summed E-state index contributed by atoms with van der Waals surface area (Å²) in [6.45, 7) is 0. The summed E-state index contributed by atoms with van der Waals surface area (Å²) < 4.78 is 12.5. The Morgan fingerprint density at radius 2 is 2.00 bits per heavy atom. The van der Waals surface area contributed by atoms with Crippen LogP contribution in [0.3, 0.4) is 0 Å². The van der Waals surface area contributed by atoms with E-state index in [0.29, 0.717) is 5.56 Å². The highest BCUT2D eigenvalue weighted by Gasteiger charge is 1.99. The summed E-state index contributed by atoms with van der Waals surface area (Å²) in [5.74, 6) is -0.323. The van der Waals surface area contributed by atoms with Gasteiger partial charge in [-0.1, -0.05) is 24.4 Å². The minimum atomic E-state index is -0.323. The van der Waals surface area contributed by atoms with Crippen LogP contribution in [0, 0.1) is 17.1 Å². The molecule has 0 bridgehead atoms. The molecule has 0 aliphatic rings. The molecular weight excluding hydrogens is 199 g/mol. The summed E-state index contributed by atoms with van der Waals surface area (Å²) in [5.41, 5.74) is 6.20. The fraction of sp³-hybridized carbons (Fsp3) is 0. The lowest BCUT2D eigenvalue weighted by Gasteiger charge is -1.95. The molecule has 1 aromatic rings. The van der Waals surface area contributed by atoms with E-state index >= 15 is 0 Å². The van der Waals surface area contributed by atoms with Crippen molar-refractivity contribution in [1.29, 1.82) is 5.26 Å². The average Bonchev–Trinajstić information content (AvgIpc) is 2.16. The lowest BCUT2D eigenvalue weighted by atomic mass is 10.1. The topological polar surface area (TPSA) is 49.8 Å². The van der Waals surface area contributed by atoms with E-state index in [2.05, 4.69) is 12.2 Å². The Labute approximate surface area is 86.5 Å². The number of halogens is 1. The molecule has 0 fully saturated rings. The molecule has 0 unspecified atom stereocenters. The highest BCUT2D eigenvalue weighted by Crippen LogP contribution is 2.08. The Hall–Kier alpha value is -1.73. The molecule has 0 spiro atoms. The van der Waals surface area contributed by atoms with Crippen LogP contribution in [0.4, 0.5) is 4.39 Å². The number of nitriles is 1. The molecule has 0 aliphatic carbocycles. The van der Waals surface area contributed by atoms with Gasteiger partial charge in [-0.3, -0.25) is 0 Å². The first-order chi connectivity index (χ1) is 6.63. The zero-order chi connectivity index (χ0) is 10.6. The molecule has 2 nitrogen and oxygen atoms in total. The molecule has 14 heavy (non-hydrogen) atoms. The van der Waals surface area contributed by atoms with Gasteiger partial charge in [0.15, 0.2) is 0 Å². The Kier molecular flexibility index (Phi) is 3.32. The van der Waals surface area contributed by atoms with Crippen LogP contribution in [0.15, 0.2) is 29.8 Å². The van der Waals surface area contributed by atoms with Crippen molar-refractivity contribution in [3.63, 3.8) is 0 Å². The molecule has 0 radical (unpaired) electrons. The van der Waals surface area contributed by atoms with Gasteiger partial charge in [-0.15, -0.1) is 0 Å². The SMILES string of the molecule is N#CC(=Cc1ccc(F)cc1)C(N)=S. The summed E-state index contributed by atoms with van der Waals surface area (Å²) in [4.78, 5) is 0.0387. The highest BCUT2D eigenvalue weighted by molar-refractivity contribution is 7.80. The van der Waals surface area contributed by atoms with Crippen LogP contribution in [0.1, 0.15) is 5.56 Å². The van der Waals surface area contributed by atoms with Crippen LogP contribution in [-0.4, -0.2) is 4.99 Å². The van der Waals surface area contributed by atoms with Crippen molar-refractivity contribution in [2.45, 2.75) is 0 Å². The zero-order valence-corrected chi connectivity index (χ0v) is 8.01. The van der Waals surface area contributed by atoms with Crippen molar-refractivity contribution in [2.24, 2.45) is 5.73 Å². The van der Waals surface area contributed by atoms with Crippen molar-refractivity contribution < 1.29 is 4.39 Å². The molecule has 0 saturated heterocycles. The predicted octanol–water partition coefficient (Wildman–Crippen LogP) is 2.02. The van der Waals surface area contributed by atoms with Gasteiger partial charge in [0.2, 0.25) is 0 Å². The maximum atomic E-state index is 12.5. The molecular formula is C10H7FN2S. The van der Waals surface area contributed by atoms with E-state index in [0.717, 1.165) is 0 Å². The van der Waals surface area contributed by atoms with Gasteiger partial charge in [0, 0.05) is 0 Å². The van der Waals surface area contributed by atoms with E-state index in [1.807, 2.05) is 6.07 Å². The van der Waals surface area contributed by atoms with E-state index in [4.69, 9.17) is 11.0 Å². The van der Waals surface area contributed by atoms with E-state index < -0.39 is 0 Å². The normalized spacial score (nSPS) is 10.7. The Bertz CT molecular complexity index is 415. The van der Waals surface area contributed by atoms with Crippen LogP contribution in [0.2, 0.25) is 0 Å². The second-order valence-corrected chi connectivity index (χ2v) is 3.03. The Morgan fingerprint density at radius 3 is 2.43 bits per heavy atom. The first-order valence-electron chi connectivity index (χ1n) is 3.80. The zero-order valence-electron chi connectivity index (χ0n) is 7.20. The standard InChI is InChI=1S/C10H7FN2S/c11-9-3-1-7(2-4-9)5-8(6-12)10(13)14/h1-5H,(H2,13,14). The lowest BCUT2D eigenvalue weighted by Crippen LogP contribution is -2.09. The molecule has 1 aromatic carbocycles. The van der Waals surface area contributed by atoms with Gasteiger partial charge in [-0.05, 0) is 23.8 Å². The number of hydrogen-bond acceptors (Lipinski definition) is 2. The minimum Gasteiger partial charge on any atom is -0.389 e. The summed E-state index contributed by atoms with van der Waals surface area (Å²) in [6, 6.07) is 7.57. The quantitative estimate of drug-likeness (QED) is 0.457. The smallest absolute Gasteiger partial charge is 0.123 e. The Balaban J connectivity index is 3.03. The molecule has 4 heteroatoms. The van der Waals surface area contributed by atoms with Gasteiger partial charge in [-0.25, -0.2) is 4.39 Å². The molecule has 70 valence electrons. The van der Waals surface area contributed by atoms with Crippen LogP contribution >= 0.6 is 12.2 Å². The number of thiocarbonyl (C=S) groups is 1. The molecule has 0 atom stereocenters. The number of nitrogens with two attached hydrogens (primary N) is 1. The second-order valence-electron chi connectivity index (χ2n) is 2.59. The summed E-state index contributed by atoms with van der Waals surface area (Å²) in [7, 11) is 0. The fourth-order valence-electron chi connectivity index (χ4n) is 0.884. The fourth-order valence-corrected chi connectivity index (χ4v) is 0.989. The van der Waals surface area contributed by atoms with E-state index in [9.17, 15) is 4.39 Å². The van der Waals surface area contributed by atoms with E-state index in [-0.39, 0.29) is 16.4 Å². The third-order valence-electron chi connectivity index (χ3n) is 1.57.